The lowest BCUT2D eigenvalue weighted by Gasteiger charge is -2.29. The maximum atomic E-state index is 5.48. The van der Waals surface area contributed by atoms with Crippen LogP contribution in [-0.4, -0.2) is 39.2 Å². The van der Waals surface area contributed by atoms with Gasteiger partial charge in [-0.1, -0.05) is 12.1 Å². The van der Waals surface area contributed by atoms with Crippen molar-refractivity contribution in [3.05, 3.63) is 54.2 Å². The third kappa shape index (κ3) is 2.78. The average Bonchev–Trinajstić information content (AvgIpc) is 3.17. The number of nitrogens with zero attached hydrogens (tertiary/aromatic N) is 3. The van der Waals surface area contributed by atoms with Crippen molar-refractivity contribution in [1.29, 1.82) is 0 Å². The summed E-state index contributed by atoms with van der Waals surface area (Å²) in [6.45, 7) is 3.61. The second-order valence-electron chi connectivity index (χ2n) is 6.24. The van der Waals surface area contributed by atoms with Crippen LogP contribution in [0.4, 0.5) is 0 Å². The number of H-pyrrole nitrogens is 1. The first-order valence-corrected chi connectivity index (χ1v) is 8.12. The van der Waals surface area contributed by atoms with Crippen molar-refractivity contribution in [1.82, 2.24) is 19.4 Å². The second kappa shape index (κ2) is 6.18. The summed E-state index contributed by atoms with van der Waals surface area (Å²) in [5, 5.41) is 1.31. The van der Waals surface area contributed by atoms with E-state index in [1.807, 2.05) is 18.7 Å². The van der Waals surface area contributed by atoms with Gasteiger partial charge in [0.25, 0.3) is 0 Å². The van der Waals surface area contributed by atoms with E-state index in [0.29, 0.717) is 6.04 Å². The molecule has 120 valence electrons. The van der Waals surface area contributed by atoms with Crippen molar-refractivity contribution in [2.75, 3.05) is 13.7 Å². The van der Waals surface area contributed by atoms with Crippen LogP contribution >= 0.6 is 0 Å². The van der Waals surface area contributed by atoms with Gasteiger partial charge in [-0.15, -0.1) is 0 Å². The smallest absolute Gasteiger partial charge is 0.0948 e. The molecule has 1 aliphatic rings. The molecule has 0 aliphatic carbocycles. The summed E-state index contributed by atoms with van der Waals surface area (Å²) in [7, 11) is 1.79. The molecule has 1 atom stereocenters. The highest BCUT2D eigenvalue weighted by atomic mass is 16.5. The maximum absolute atomic E-state index is 5.48. The first-order valence-electron chi connectivity index (χ1n) is 8.12. The maximum Gasteiger partial charge on any atom is 0.0948 e. The van der Waals surface area contributed by atoms with Crippen LogP contribution in [0.1, 0.15) is 17.7 Å². The van der Waals surface area contributed by atoms with Crippen molar-refractivity contribution in [3.63, 3.8) is 0 Å². The normalized spacial score (nSPS) is 18.9. The molecule has 0 saturated heterocycles. The number of hydrogen-bond acceptors (Lipinski definition) is 3. The molecule has 1 N–H and O–H groups in total. The van der Waals surface area contributed by atoms with Gasteiger partial charge in [0.05, 0.1) is 18.6 Å². The molecule has 5 heteroatoms. The summed E-state index contributed by atoms with van der Waals surface area (Å²) in [4.78, 5) is 10.1. The van der Waals surface area contributed by atoms with Crippen molar-refractivity contribution in [3.8, 4) is 0 Å². The summed E-state index contributed by atoms with van der Waals surface area (Å²) in [5.41, 5.74) is 3.84. The number of ether oxygens (including phenoxy) is 1. The van der Waals surface area contributed by atoms with E-state index in [1.54, 1.807) is 7.11 Å². The van der Waals surface area contributed by atoms with Crippen LogP contribution in [0.3, 0.4) is 0 Å². The molecular weight excluding hydrogens is 288 g/mol. The molecule has 0 fully saturated rings. The highest BCUT2D eigenvalue weighted by Crippen LogP contribution is 2.24. The minimum Gasteiger partial charge on any atom is -0.383 e. The summed E-state index contributed by atoms with van der Waals surface area (Å²) < 4.78 is 7.74. The highest BCUT2D eigenvalue weighted by Gasteiger charge is 2.24. The van der Waals surface area contributed by atoms with E-state index in [0.717, 1.165) is 32.7 Å². The third-order valence-electron chi connectivity index (χ3n) is 4.80. The number of rotatable bonds is 4. The SMILES string of the molecule is COCC1CCn2cncc2CN1Cc1cccc2[nH]ccc12. The molecule has 3 heterocycles. The van der Waals surface area contributed by atoms with Crippen molar-refractivity contribution < 1.29 is 4.74 Å². The number of nitrogens with one attached hydrogen (secondary N) is 1. The van der Waals surface area contributed by atoms with Crippen LogP contribution in [0, 0.1) is 0 Å². The molecule has 23 heavy (non-hydrogen) atoms. The van der Waals surface area contributed by atoms with Crippen LogP contribution in [0.15, 0.2) is 43.0 Å². The minimum absolute atomic E-state index is 0.425. The Bertz CT molecular complexity index is 791. The Balaban J connectivity index is 1.65. The molecule has 4 rings (SSSR count). The molecule has 0 amide bonds. The van der Waals surface area contributed by atoms with Gasteiger partial charge in [-0.3, -0.25) is 4.90 Å². The van der Waals surface area contributed by atoms with E-state index in [4.69, 9.17) is 4.74 Å². The zero-order chi connectivity index (χ0) is 15.6. The van der Waals surface area contributed by atoms with Gasteiger partial charge in [0.2, 0.25) is 0 Å². The van der Waals surface area contributed by atoms with E-state index < -0.39 is 0 Å². The number of fused-ring (bicyclic) bond motifs is 2. The molecule has 1 aliphatic heterocycles. The van der Waals surface area contributed by atoms with Crippen LogP contribution < -0.4 is 0 Å². The quantitative estimate of drug-likeness (QED) is 0.806. The van der Waals surface area contributed by atoms with Crippen molar-refractivity contribution in [2.45, 2.75) is 32.1 Å². The summed E-state index contributed by atoms with van der Waals surface area (Å²) in [6, 6.07) is 9.07. The second-order valence-corrected chi connectivity index (χ2v) is 6.24. The molecule has 3 aromatic rings. The average molecular weight is 310 g/mol. The van der Waals surface area contributed by atoms with Crippen LogP contribution in [-0.2, 0) is 24.4 Å². The first-order chi connectivity index (χ1) is 11.3. The van der Waals surface area contributed by atoms with E-state index in [9.17, 15) is 0 Å². The summed E-state index contributed by atoms with van der Waals surface area (Å²) in [6.07, 6.45) is 7.02. The van der Waals surface area contributed by atoms with Crippen LogP contribution in [0.25, 0.3) is 10.9 Å². The number of methoxy groups -OCH3 is 1. The summed E-state index contributed by atoms with van der Waals surface area (Å²) >= 11 is 0. The molecule has 2 aromatic heterocycles. The Morgan fingerprint density at radius 1 is 1.35 bits per heavy atom. The fourth-order valence-electron chi connectivity index (χ4n) is 3.56. The Morgan fingerprint density at radius 2 is 2.30 bits per heavy atom. The zero-order valence-corrected chi connectivity index (χ0v) is 13.4. The van der Waals surface area contributed by atoms with Gasteiger partial charge in [-0.05, 0) is 24.1 Å². The number of imidazole rings is 1. The van der Waals surface area contributed by atoms with E-state index in [2.05, 4.69) is 43.7 Å². The molecule has 0 radical (unpaired) electrons. The van der Waals surface area contributed by atoms with E-state index >= 15 is 0 Å². The highest BCUT2D eigenvalue weighted by molar-refractivity contribution is 5.82. The Hall–Kier alpha value is -2.11. The lowest BCUT2D eigenvalue weighted by Crippen LogP contribution is -2.36. The fraction of sp³-hybridized carbons (Fsp3) is 0.389. The number of hydrogen-bond donors (Lipinski definition) is 1. The Labute approximate surface area is 135 Å². The van der Waals surface area contributed by atoms with Gasteiger partial charge >= 0.3 is 0 Å². The van der Waals surface area contributed by atoms with E-state index in [1.165, 1.54) is 22.2 Å². The molecule has 5 nitrogen and oxygen atoms in total. The Morgan fingerprint density at radius 3 is 3.22 bits per heavy atom. The molecule has 0 spiro atoms. The van der Waals surface area contributed by atoms with Gasteiger partial charge in [-0.25, -0.2) is 4.98 Å². The molecule has 1 aromatic carbocycles. The predicted molar refractivity (Wildman–Crippen MR) is 90.1 cm³/mol. The zero-order valence-electron chi connectivity index (χ0n) is 13.4. The largest absolute Gasteiger partial charge is 0.383 e. The number of benzene rings is 1. The van der Waals surface area contributed by atoms with Gasteiger partial charge in [-0.2, -0.15) is 0 Å². The van der Waals surface area contributed by atoms with Gasteiger partial charge in [0.1, 0.15) is 0 Å². The number of aromatic amines is 1. The van der Waals surface area contributed by atoms with Crippen molar-refractivity contribution >= 4 is 10.9 Å². The lowest BCUT2D eigenvalue weighted by molar-refractivity contribution is 0.0783. The third-order valence-corrected chi connectivity index (χ3v) is 4.80. The standard InChI is InChI=1S/C18H22N4O/c1-23-12-15-6-8-21-13-19-9-16(21)11-22(15)10-14-3-2-4-18-17(14)5-7-20-18/h2-5,7,9,13,15,20H,6,8,10-12H2,1H3. The van der Waals surface area contributed by atoms with Crippen LogP contribution in [0.5, 0.6) is 0 Å². The van der Waals surface area contributed by atoms with Crippen LogP contribution in [0.2, 0.25) is 0 Å². The number of aryl methyl sites for hydroxylation is 1. The van der Waals surface area contributed by atoms with Gasteiger partial charge in [0, 0.05) is 56.1 Å². The lowest BCUT2D eigenvalue weighted by atomic mass is 10.1. The number of aromatic nitrogens is 3. The van der Waals surface area contributed by atoms with Gasteiger partial charge < -0.3 is 14.3 Å². The fourth-order valence-corrected chi connectivity index (χ4v) is 3.56. The van der Waals surface area contributed by atoms with Crippen molar-refractivity contribution in [2.24, 2.45) is 0 Å². The Kier molecular flexibility index (Phi) is 3.89. The first kappa shape index (κ1) is 14.5. The molecular formula is C18H22N4O. The monoisotopic (exact) mass is 310 g/mol. The molecule has 1 unspecified atom stereocenters. The minimum atomic E-state index is 0.425. The van der Waals surface area contributed by atoms with E-state index in [-0.39, 0.29) is 0 Å². The molecule has 0 saturated carbocycles. The van der Waals surface area contributed by atoms with Gasteiger partial charge in [0.15, 0.2) is 0 Å². The molecule has 0 bridgehead atoms. The summed E-state index contributed by atoms with van der Waals surface area (Å²) in [5.74, 6) is 0. The predicted octanol–water partition coefficient (Wildman–Crippen LogP) is 2.79. The topological polar surface area (TPSA) is 46.1 Å².